The van der Waals surface area contributed by atoms with Crippen molar-refractivity contribution in [3.63, 3.8) is 0 Å². The Balaban J connectivity index is 2.09. The fraction of sp³-hybridized carbons (Fsp3) is 0.800. The van der Waals surface area contributed by atoms with Gasteiger partial charge in [-0.15, -0.1) is 0 Å². The van der Waals surface area contributed by atoms with Crippen molar-refractivity contribution < 1.29 is 14.3 Å². The van der Waals surface area contributed by atoms with Crippen LogP contribution < -0.4 is 0 Å². The van der Waals surface area contributed by atoms with E-state index in [0.29, 0.717) is 18.9 Å². The van der Waals surface area contributed by atoms with Crippen molar-refractivity contribution in [2.45, 2.75) is 26.7 Å². The summed E-state index contributed by atoms with van der Waals surface area (Å²) in [5.74, 6) is 0.348. The summed E-state index contributed by atoms with van der Waals surface area (Å²) in [5, 5.41) is 0. The number of fused-ring (bicyclic) bond motifs is 1. The van der Waals surface area contributed by atoms with Gasteiger partial charge in [0.1, 0.15) is 5.41 Å². The molecule has 72 valence electrons. The Labute approximate surface area is 77.4 Å². The SMILES string of the molecule is CC(C)CC(=O)C12CC1COC2=O. The van der Waals surface area contributed by atoms with Crippen molar-refractivity contribution in [1.29, 1.82) is 0 Å². The minimum atomic E-state index is -0.690. The van der Waals surface area contributed by atoms with Crippen LogP contribution in [-0.4, -0.2) is 18.4 Å². The summed E-state index contributed by atoms with van der Waals surface area (Å²) >= 11 is 0. The number of ether oxygens (including phenoxy) is 1. The molecule has 0 aromatic rings. The van der Waals surface area contributed by atoms with Crippen LogP contribution >= 0.6 is 0 Å². The summed E-state index contributed by atoms with van der Waals surface area (Å²) in [5.41, 5.74) is -0.690. The van der Waals surface area contributed by atoms with Gasteiger partial charge in [0.2, 0.25) is 0 Å². The van der Waals surface area contributed by atoms with Crippen molar-refractivity contribution in [2.24, 2.45) is 17.3 Å². The van der Waals surface area contributed by atoms with Gasteiger partial charge < -0.3 is 4.74 Å². The fourth-order valence-corrected chi connectivity index (χ4v) is 2.09. The molecule has 2 rings (SSSR count). The highest BCUT2D eigenvalue weighted by Crippen LogP contribution is 2.59. The molecule has 0 radical (unpaired) electrons. The predicted molar refractivity (Wildman–Crippen MR) is 46.0 cm³/mol. The fourth-order valence-electron chi connectivity index (χ4n) is 2.09. The Morgan fingerprint density at radius 2 is 2.38 bits per heavy atom. The van der Waals surface area contributed by atoms with Gasteiger partial charge in [0.15, 0.2) is 5.78 Å². The zero-order valence-corrected chi connectivity index (χ0v) is 8.00. The normalized spacial score (nSPS) is 35.9. The molecule has 2 atom stereocenters. The Morgan fingerprint density at radius 3 is 2.77 bits per heavy atom. The van der Waals surface area contributed by atoms with Crippen molar-refractivity contribution in [1.82, 2.24) is 0 Å². The summed E-state index contributed by atoms with van der Waals surface area (Å²) in [6.07, 6.45) is 1.24. The summed E-state index contributed by atoms with van der Waals surface area (Å²) in [6.45, 7) is 4.45. The molecular weight excluding hydrogens is 168 g/mol. The van der Waals surface area contributed by atoms with Crippen LogP contribution in [0.3, 0.4) is 0 Å². The summed E-state index contributed by atoms with van der Waals surface area (Å²) in [7, 11) is 0. The number of hydrogen-bond donors (Lipinski definition) is 0. The highest BCUT2D eigenvalue weighted by molar-refractivity contribution is 6.08. The first-order valence-corrected chi connectivity index (χ1v) is 4.78. The summed E-state index contributed by atoms with van der Waals surface area (Å²) in [4.78, 5) is 23.0. The van der Waals surface area contributed by atoms with E-state index in [1.807, 2.05) is 13.8 Å². The van der Waals surface area contributed by atoms with Gasteiger partial charge >= 0.3 is 5.97 Å². The molecule has 3 nitrogen and oxygen atoms in total. The molecule has 0 N–H and O–H groups in total. The van der Waals surface area contributed by atoms with E-state index in [1.54, 1.807) is 0 Å². The monoisotopic (exact) mass is 182 g/mol. The topological polar surface area (TPSA) is 43.4 Å². The number of cyclic esters (lactones) is 1. The molecule has 1 saturated carbocycles. The predicted octanol–water partition coefficient (Wildman–Crippen LogP) is 1.16. The zero-order valence-electron chi connectivity index (χ0n) is 8.00. The number of carbonyl (C=O) groups excluding carboxylic acids is 2. The second-order valence-corrected chi connectivity index (χ2v) is 4.49. The largest absolute Gasteiger partial charge is 0.465 e. The smallest absolute Gasteiger partial charge is 0.320 e. The molecule has 2 aliphatic rings. The van der Waals surface area contributed by atoms with E-state index in [-0.39, 0.29) is 17.7 Å². The number of Topliss-reactive ketones (excluding diaryl/α,β-unsaturated/α-hetero) is 1. The molecule has 0 bridgehead atoms. The van der Waals surface area contributed by atoms with E-state index >= 15 is 0 Å². The van der Waals surface area contributed by atoms with Crippen LogP contribution in [0.5, 0.6) is 0 Å². The van der Waals surface area contributed by atoms with E-state index in [4.69, 9.17) is 4.74 Å². The van der Waals surface area contributed by atoms with Gasteiger partial charge in [0.05, 0.1) is 6.61 Å². The van der Waals surface area contributed by atoms with E-state index in [1.165, 1.54) is 0 Å². The first kappa shape index (κ1) is 8.73. The highest BCUT2D eigenvalue weighted by Gasteiger charge is 2.70. The Morgan fingerprint density at radius 1 is 1.69 bits per heavy atom. The molecule has 1 aliphatic heterocycles. The minimum absolute atomic E-state index is 0.0926. The number of esters is 1. The van der Waals surface area contributed by atoms with Crippen LogP contribution in [0.2, 0.25) is 0 Å². The second kappa shape index (κ2) is 2.56. The first-order chi connectivity index (χ1) is 6.07. The van der Waals surface area contributed by atoms with E-state index in [9.17, 15) is 9.59 Å². The second-order valence-electron chi connectivity index (χ2n) is 4.49. The van der Waals surface area contributed by atoms with Crippen LogP contribution in [0, 0.1) is 17.3 Å². The Kier molecular flexibility index (Phi) is 1.72. The van der Waals surface area contributed by atoms with E-state index in [0.717, 1.165) is 6.42 Å². The lowest BCUT2D eigenvalue weighted by atomic mass is 9.93. The maximum Gasteiger partial charge on any atom is 0.320 e. The minimum Gasteiger partial charge on any atom is -0.465 e. The summed E-state index contributed by atoms with van der Waals surface area (Å²) < 4.78 is 4.86. The van der Waals surface area contributed by atoms with Crippen molar-refractivity contribution in [2.75, 3.05) is 6.61 Å². The van der Waals surface area contributed by atoms with Crippen LogP contribution in [0.1, 0.15) is 26.7 Å². The Bertz CT molecular complexity index is 269. The number of carbonyl (C=O) groups is 2. The van der Waals surface area contributed by atoms with E-state index in [2.05, 4.69) is 0 Å². The first-order valence-electron chi connectivity index (χ1n) is 4.78. The lowest BCUT2D eigenvalue weighted by molar-refractivity contribution is -0.148. The van der Waals surface area contributed by atoms with Crippen LogP contribution in [0.15, 0.2) is 0 Å². The molecule has 13 heavy (non-hydrogen) atoms. The molecule has 1 saturated heterocycles. The lowest BCUT2D eigenvalue weighted by Gasteiger charge is -2.09. The van der Waals surface area contributed by atoms with Gasteiger partial charge in [-0.05, 0) is 12.3 Å². The number of ketones is 1. The molecule has 3 heteroatoms. The average Bonchev–Trinajstić information content (AvgIpc) is 2.67. The maximum atomic E-state index is 11.7. The third-order valence-electron chi connectivity index (χ3n) is 2.98. The Hall–Kier alpha value is -0.860. The van der Waals surface area contributed by atoms with Crippen LogP contribution in [0.25, 0.3) is 0 Å². The molecule has 2 fully saturated rings. The van der Waals surface area contributed by atoms with Gasteiger partial charge in [-0.1, -0.05) is 13.8 Å². The third-order valence-corrected chi connectivity index (χ3v) is 2.98. The average molecular weight is 182 g/mol. The van der Waals surface area contributed by atoms with E-state index < -0.39 is 5.41 Å². The number of hydrogen-bond acceptors (Lipinski definition) is 3. The zero-order chi connectivity index (χ0) is 9.64. The molecule has 1 heterocycles. The molecule has 1 aliphatic carbocycles. The van der Waals surface area contributed by atoms with Crippen molar-refractivity contribution in [3.8, 4) is 0 Å². The van der Waals surface area contributed by atoms with Crippen molar-refractivity contribution in [3.05, 3.63) is 0 Å². The van der Waals surface area contributed by atoms with Gasteiger partial charge in [-0.3, -0.25) is 9.59 Å². The van der Waals surface area contributed by atoms with Crippen LogP contribution in [0.4, 0.5) is 0 Å². The molecule has 0 spiro atoms. The third kappa shape index (κ3) is 1.10. The highest BCUT2D eigenvalue weighted by atomic mass is 16.5. The summed E-state index contributed by atoms with van der Waals surface area (Å²) in [6, 6.07) is 0. The maximum absolute atomic E-state index is 11.7. The van der Waals surface area contributed by atoms with Crippen LogP contribution in [-0.2, 0) is 14.3 Å². The van der Waals surface area contributed by atoms with Gasteiger partial charge in [-0.2, -0.15) is 0 Å². The molecule has 2 unspecified atom stereocenters. The lowest BCUT2D eigenvalue weighted by Crippen LogP contribution is -2.25. The molecule has 0 aromatic carbocycles. The van der Waals surface area contributed by atoms with Gasteiger partial charge in [0.25, 0.3) is 0 Å². The molecule has 0 amide bonds. The van der Waals surface area contributed by atoms with Gasteiger partial charge in [-0.25, -0.2) is 0 Å². The standard InChI is InChI=1S/C10H14O3/c1-6(2)3-8(11)10-4-7(10)5-13-9(10)12/h6-7H,3-5H2,1-2H3. The molecule has 0 aromatic heterocycles. The molecular formula is C10H14O3. The number of rotatable bonds is 3. The quantitative estimate of drug-likeness (QED) is 0.486. The van der Waals surface area contributed by atoms with Gasteiger partial charge in [0, 0.05) is 12.3 Å². The van der Waals surface area contributed by atoms with Crippen molar-refractivity contribution >= 4 is 11.8 Å².